The van der Waals surface area contributed by atoms with Crippen LogP contribution in [0.5, 0.6) is 0 Å². The second kappa shape index (κ2) is 8.87. The highest BCUT2D eigenvalue weighted by molar-refractivity contribution is 5.72. The standard InChI is InChI=1S/C20H23NO4/c1-14(2)16-8-10-17(11-9-16)18(12-19(22)23)21-20(24)25-13-15-6-4-3-5-7-15/h3-11,14,18H,12-13H2,1-2H3,(H,21,24)(H,22,23)/t18-/m0/s1. The molecule has 25 heavy (non-hydrogen) atoms. The van der Waals surface area contributed by atoms with E-state index in [0.717, 1.165) is 16.7 Å². The number of amides is 1. The number of carboxylic acid groups (broad SMARTS) is 1. The summed E-state index contributed by atoms with van der Waals surface area (Å²) >= 11 is 0. The summed E-state index contributed by atoms with van der Waals surface area (Å²) in [6, 6.07) is 16.3. The number of aliphatic carboxylic acids is 1. The first kappa shape index (κ1) is 18.5. The van der Waals surface area contributed by atoms with Crippen molar-refractivity contribution in [3.8, 4) is 0 Å². The van der Waals surface area contributed by atoms with E-state index >= 15 is 0 Å². The van der Waals surface area contributed by atoms with Crippen LogP contribution in [-0.4, -0.2) is 17.2 Å². The fraction of sp³-hybridized carbons (Fsp3) is 0.300. The zero-order valence-electron chi connectivity index (χ0n) is 14.4. The molecule has 0 aliphatic rings. The van der Waals surface area contributed by atoms with Crippen LogP contribution in [0.1, 0.15) is 48.9 Å². The molecule has 0 aliphatic carbocycles. The lowest BCUT2D eigenvalue weighted by molar-refractivity contribution is -0.137. The van der Waals surface area contributed by atoms with Crippen LogP contribution >= 0.6 is 0 Å². The van der Waals surface area contributed by atoms with E-state index in [2.05, 4.69) is 19.2 Å². The Bertz CT molecular complexity index is 695. The van der Waals surface area contributed by atoms with E-state index in [1.807, 2.05) is 54.6 Å². The van der Waals surface area contributed by atoms with Gasteiger partial charge in [-0.25, -0.2) is 4.79 Å². The number of rotatable bonds is 7. The highest BCUT2D eigenvalue weighted by Crippen LogP contribution is 2.21. The van der Waals surface area contributed by atoms with Crippen molar-refractivity contribution in [1.82, 2.24) is 5.32 Å². The number of benzene rings is 2. The van der Waals surface area contributed by atoms with E-state index in [-0.39, 0.29) is 13.0 Å². The van der Waals surface area contributed by atoms with Gasteiger partial charge in [0.25, 0.3) is 0 Å². The van der Waals surface area contributed by atoms with Crippen LogP contribution in [0.15, 0.2) is 54.6 Å². The summed E-state index contributed by atoms with van der Waals surface area (Å²) < 4.78 is 5.18. The average molecular weight is 341 g/mol. The SMILES string of the molecule is CC(C)c1ccc([C@H](CC(=O)O)NC(=O)OCc2ccccc2)cc1. The number of alkyl carbamates (subject to hydrolysis) is 1. The van der Waals surface area contributed by atoms with Crippen molar-refractivity contribution in [3.05, 3.63) is 71.3 Å². The molecule has 5 nitrogen and oxygen atoms in total. The molecule has 0 unspecified atom stereocenters. The fourth-order valence-corrected chi connectivity index (χ4v) is 2.45. The zero-order chi connectivity index (χ0) is 18.2. The largest absolute Gasteiger partial charge is 0.481 e. The monoisotopic (exact) mass is 341 g/mol. The van der Waals surface area contributed by atoms with Crippen LogP contribution in [-0.2, 0) is 16.1 Å². The molecule has 1 atom stereocenters. The minimum atomic E-state index is -0.985. The molecule has 2 N–H and O–H groups in total. The Morgan fingerprint density at radius 3 is 2.16 bits per heavy atom. The third kappa shape index (κ3) is 5.95. The molecule has 0 bridgehead atoms. The Kier molecular flexibility index (Phi) is 6.57. The van der Waals surface area contributed by atoms with Gasteiger partial charge in [-0.1, -0.05) is 68.4 Å². The molecule has 5 heteroatoms. The van der Waals surface area contributed by atoms with Gasteiger partial charge in [0, 0.05) is 0 Å². The van der Waals surface area contributed by atoms with Crippen molar-refractivity contribution in [2.45, 2.75) is 38.8 Å². The average Bonchev–Trinajstić information content (AvgIpc) is 2.60. The zero-order valence-corrected chi connectivity index (χ0v) is 14.4. The van der Waals surface area contributed by atoms with E-state index < -0.39 is 18.1 Å². The lowest BCUT2D eigenvalue weighted by atomic mass is 9.98. The number of hydrogen-bond donors (Lipinski definition) is 2. The second-order valence-electron chi connectivity index (χ2n) is 6.18. The molecular formula is C20H23NO4. The molecule has 0 aliphatic heterocycles. The van der Waals surface area contributed by atoms with Gasteiger partial charge in [0.05, 0.1) is 12.5 Å². The van der Waals surface area contributed by atoms with Crippen LogP contribution in [0.3, 0.4) is 0 Å². The number of ether oxygens (including phenoxy) is 1. The maximum atomic E-state index is 12.0. The molecule has 0 saturated carbocycles. The van der Waals surface area contributed by atoms with Gasteiger partial charge < -0.3 is 15.2 Å². The molecule has 0 fully saturated rings. The molecule has 0 heterocycles. The molecule has 0 spiro atoms. The Labute approximate surface area is 147 Å². The second-order valence-corrected chi connectivity index (χ2v) is 6.18. The van der Waals surface area contributed by atoms with Crippen molar-refractivity contribution in [2.75, 3.05) is 0 Å². The quantitative estimate of drug-likeness (QED) is 0.789. The minimum Gasteiger partial charge on any atom is -0.481 e. The highest BCUT2D eigenvalue weighted by Gasteiger charge is 2.19. The number of carbonyl (C=O) groups is 2. The predicted octanol–water partition coefficient (Wildman–Crippen LogP) is 4.25. The summed E-state index contributed by atoms with van der Waals surface area (Å²) in [5.41, 5.74) is 2.77. The first-order chi connectivity index (χ1) is 12.0. The normalized spacial score (nSPS) is 11.8. The molecular weight excluding hydrogens is 318 g/mol. The fourth-order valence-electron chi connectivity index (χ4n) is 2.45. The summed E-state index contributed by atoms with van der Waals surface area (Å²) in [6.45, 7) is 4.31. The molecule has 0 aromatic heterocycles. The Balaban J connectivity index is 2.01. The lowest BCUT2D eigenvalue weighted by Crippen LogP contribution is -2.30. The summed E-state index contributed by atoms with van der Waals surface area (Å²) in [6.07, 6.45) is -0.843. The van der Waals surface area contributed by atoms with Crippen LogP contribution in [0.25, 0.3) is 0 Å². The van der Waals surface area contributed by atoms with E-state index in [0.29, 0.717) is 5.92 Å². The number of carbonyl (C=O) groups excluding carboxylic acids is 1. The van der Waals surface area contributed by atoms with Gasteiger partial charge in [-0.2, -0.15) is 0 Å². The van der Waals surface area contributed by atoms with Crippen LogP contribution in [0.4, 0.5) is 4.79 Å². The van der Waals surface area contributed by atoms with Crippen molar-refractivity contribution >= 4 is 12.1 Å². The molecule has 0 radical (unpaired) electrons. The molecule has 1 amide bonds. The topological polar surface area (TPSA) is 75.6 Å². The summed E-state index contributed by atoms with van der Waals surface area (Å²) in [5.74, 6) is -0.600. The summed E-state index contributed by atoms with van der Waals surface area (Å²) in [7, 11) is 0. The van der Waals surface area contributed by atoms with Crippen molar-refractivity contribution in [2.24, 2.45) is 0 Å². The van der Waals surface area contributed by atoms with E-state index in [1.54, 1.807) is 0 Å². The van der Waals surface area contributed by atoms with Gasteiger partial charge in [-0.05, 0) is 22.6 Å². The molecule has 132 valence electrons. The van der Waals surface area contributed by atoms with Gasteiger partial charge in [0.1, 0.15) is 6.61 Å². The molecule has 2 aromatic carbocycles. The van der Waals surface area contributed by atoms with E-state index in [9.17, 15) is 9.59 Å². The maximum absolute atomic E-state index is 12.0. The van der Waals surface area contributed by atoms with Gasteiger partial charge in [0.15, 0.2) is 0 Å². The molecule has 0 saturated heterocycles. The Morgan fingerprint density at radius 2 is 1.60 bits per heavy atom. The third-order valence-electron chi connectivity index (χ3n) is 3.89. The number of carboxylic acids is 1. The smallest absolute Gasteiger partial charge is 0.407 e. The Morgan fingerprint density at radius 1 is 1.00 bits per heavy atom. The number of nitrogens with one attached hydrogen (secondary N) is 1. The van der Waals surface area contributed by atoms with Gasteiger partial charge in [-0.15, -0.1) is 0 Å². The van der Waals surface area contributed by atoms with Crippen molar-refractivity contribution < 1.29 is 19.4 Å². The van der Waals surface area contributed by atoms with Gasteiger partial charge >= 0.3 is 12.1 Å². The van der Waals surface area contributed by atoms with Gasteiger partial charge in [-0.3, -0.25) is 4.79 Å². The lowest BCUT2D eigenvalue weighted by Gasteiger charge is -2.18. The first-order valence-electron chi connectivity index (χ1n) is 8.24. The predicted molar refractivity (Wildman–Crippen MR) is 95.3 cm³/mol. The van der Waals surface area contributed by atoms with E-state index in [1.165, 1.54) is 0 Å². The van der Waals surface area contributed by atoms with Crippen molar-refractivity contribution in [3.63, 3.8) is 0 Å². The van der Waals surface area contributed by atoms with Gasteiger partial charge in [0.2, 0.25) is 0 Å². The maximum Gasteiger partial charge on any atom is 0.407 e. The summed E-state index contributed by atoms with van der Waals surface area (Å²) in [4.78, 5) is 23.2. The molecule has 2 aromatic rings. The first-order valence-corrected chi connectivity index (χ1v) is 8.24. The highest BCUT2D eigenvalue weighted by atomic mass is 16.5. The van der Waals surface area contributed by atoms with Crippen LogP contribution in [0, 0.1) is 0 Å². The Hall–Kier alpha value is -2.82. The number of hydrogen-bond acceptors (Lipinski definition) is 3. The van der Waals surface area contributed by atoms with Crippen LogP contribution < -0.4 is 5.32 Å². The third-order valence-corrected chi connectivity index (χ3v) is 3.89. The molecule has 2 rings (SSSR count). The van der Waals surface area contributed by atoms with Crippen molar-refractivity contribution in [1.29, 1.82) is 0 Å². The van der Waals surface area contributed by atoms with Crippen LogP contribution in [0.2, 0.25) is 0 Å². The van der Waals surface area contributed by atoms with E-state index in [4.69, 9.17) is 9.84 Å². The minimum absolute atomic E-state index is 0.138. The summed E-state index contributed by atoms with van der Waals surface area (Å²) in [5, 5.41) is 11.8.